The minimum Gasteiger partial charge on any atom is -0.336 e. The minimum atomic E-state index is -0.464. The third-order valence-corrected chi connectivity index (χ3v) is 2.91. The topological polar surface area (TPSA) is 70.2 Å². The van der Waals surface area contributed by atoms with Gasteiger partial charge in [0.05, 0.1) is 0 Å². The van der Waals surface area contributed by atoms with Crippen LogP contribution in [0.5, 0.6) is 0 Å². The van der Waals surface area contributed by atoms with Crippen molar-refractivity contribution in [3.8, 4) is 0 Å². The first kappa shape index (κ1) is 16.5. The summed E-state index contributed by atoms with van der Waals surface area (Å²) in [4.78, 5) is 23.6. The standard InChI is InChI=1S/C17H18FN3O2/c1-11(2)19-17(23)21-15-8-6-14(7-9-15)20-16(22)12-4-3-5-13(18)10-12/h3-11H,1-2H3,(H,20,22)(H2,19,21,23). The second kappa shape index (κ2) is 7.40. The monoisotopic (exact) mass is 315 g/mol. The average molecular weight is 315 g/mol. The Balaban J connectivity index is 1.97. The number of urea groups is 1. The summed E-state index contributed by atoms with van der Waals surface area (Å²) in [5, 5.41) is 8.05. The fraction of sp³-hybridized carbons (Fsp3) is 0.176. The van der Waals surface area contributed by atoms with E-state index in [0.29, 0.717) is 11.4 Å². The first-order valence-corrected chi connectivity index (χ1v) is 7.18. The van der Waals surface area contributed by atoms with Crippen molar-refractivity contribution in [2.24, 2.45) is 0 Å². The Hall–Kier alpha value is -2.89. The normalized spacial score (nSPS) is 10.3. The van der Waals surface area contributed by atoms with Gasteiger partial charge < -0.3 is 16.0 Å². The average Bonchev–Trinajstić information content (AvgIpc) is 2.48. The molecule has 2 aromatic carbocycles. The third kappa shape index (κ3) is 5.10. The van der Waals surface area contributed by atoms with E-state index in [0.717, 1.165) is 0 Å². The number of benzene rings is 2. The summed E-state index contributed by atoms with van der Waals surface area (Å²) in [6, 6.07) is 11.8. The maximum absolute atomic E-state index is 13.1. The molecule has 0 bridgehead atoms. The van der Waals surface area contributed by atoms with Crippen LogP contribution >= 0.6 is 0 Å². The lowest BCUT2D eigenvalue weighted by molar-refractivity contribution is 0.102. The molecule has 0 radical (unpaired) electrons. The highest BCUT2D eigenvalue weighted by atomic mass is 19.1. The number of carbonyl (C=O) groups excluding carboxylic acids is 2. The van der Waals surface area contributed by atoms with Crippen LogP contribution in [-0.2, 0) is 0 Å². The van der Waals surface area contributed by atoms with Gasteiger partial charge in [-0.15, -0.1) is 0 Å². The zero-order chi connectivity index (χ0) is 16.8. The van der Waals surface area contributed by atoms with Gasteiger partial charge in [0.25, 0.3) is 5.91 Å². The van der Waals surface area contributed by atoms with Gasteiger partial charge in [-0.25, -0.2) is 9.18 Å². The molecule has 0 aliphatic rings. The van der Waals surface area contributed by atoms with Gasteiger partial charge in [-0.05, 0) is 56.3 Å². The lowest BCUT2D eigenvalue weighted by Crippen LogP contribution is -2.34. The molecule has 0 saturated carbocycles. The Morgan fingerprint density at radius 1 is 0.957 bits per heavy atom. The number of anilines is 2. The first-order valence-electron chi connectivity index (χ1n) is 7.18. The molecule has 0 aliphatic carbocycles. The Morgan fingerprint density at radius 3 is 2.13 bits per heavy atom. The van der Waals surface area contributed by atoms with E-state index in [4.69, 9.17) is 0 Å². The van der Waals surface area contributed by atoms with Crippen LogP contribution in [0.3, 0.4) is 0 Å². The molecule has 0 fully saturated rings. The molecule has 0 aromatic heterocycles. The van der Waals surface area contributed by atoms with Crippen LogP contribution in [-0.4, -0.2) is 18.0 Å². The summed E-state index contributed by atoms with van der Waals surface area (Å²) in [6.45, 7) is 3.73. The quantitative estimate of drug-likeness (QED) is 0.806. The van der Waals surface area contributed by atoms with E-state index in [-0.39, 0.29) is 17.6 Å². The first-order chi connectivity index (χ1) is 10.9. The second-order valence-electron chi connectivity index (χ2n) is 5.29. The van der Waals surface area contributed by atoms with Crippen LogP contribution in [0, 0.1) is 5.82 Å². The van der Waals surface area contributed by atoms with E-state index in [1.54, 1.807) is 24.3 Å². The zero-order valence-electron chi connectivity index (χ0n) is 12.9. The van der Waals surface area contributed by atoms with Gasteiger partial charge in [0.15, 0.2) is 0 Å². The second-order valence-corrected chi connectivity index (χ2v) is 5.29. The van der Waals surface area contributed by atoms with Crippen LogP contribution in [0.2, 0.25) is 0 Å². The van der Waals surface area contributed by atoms with Crippen LogP contribution < -0.4 is 16.0 Å². The van der Waals surface area contributed by atoms with Gasteiger partial charge in [-0.3, -0.25) is 4.79 Å². The van der Waals surface area contributed by atoms with E-state index in [1.165, 1.54) is 24.3 Å². The van der Waals surface area contributed by atoms with E-state index in [9.17, 15) is 14.0 Å². The lowest BCUT2D eigenvalue weighted by Gasteiger charge is -2.11. The van der Waals surface area contributed by atoms with Crippen molar-refractivity contribution in [3.63, 3.8) is 0 Å². The molecule has 6 heteroatoms. The molecule has 23 heavy (non-hydrogen) atoms. The summed E-state index contributed by atoms with van der Waals surface area (Å²) in [5.74, 6) is -0.865. The molecule has 0 aliphatic heterocycles. The van der Waals surface area contributed by atoms with Crippen LogP contribution in [0.1, 0.15) is 24.2 Å². The predicted octanol–water partition coefficient (Wildman–Crippen LogP) is 3.61. The summed E-state index contributed by atoms with van der Waals surface area (Å²) in [6.07, 6.45) is 0. The zero-order valence-corrected chi connectivity index (χ0v) is 12.9. The fourth-order valence-corrected chi connectivity index (χ4v) is 1.90. The fourth-order valence-electron chi connectivity index (χ4n) is 1.90. The molecule has 0 atom stereocenters. The number of hydrogen-bond acceptors (Lipinski definition) is 2. The highest BCUT2D eigenvalue weighted by molar-refractivity contribution is 6.04. The Kier molecular flexibility index (Phi) is 5.30. The highest BCUT2D eigenvalue weighted by Crippen LogP contribution is 2.15. The summed E-state index contributed by atoms with van der Waals surface area (Å²) in [5.41, 5.74) is 1.39. The largest absolute Gasteiger partial charge is 0.336 e. The number of carbonyl (C=O) groups is 2. The SMILES string of the molecule is CC(C)NC(=O)Nc1ccc(NC(=O)c2cccc(F)c2)cc1. The molecule has 2 rings (SSSR count). The van der Waals surface area contributed by atoms with Crippen molar-refractivity contribution in [1.29, 1.82) is 0 Å². The maximum Gasteiger partial charge on any atom is 0.319 e. The molecule has 2 aromatic rings. The lowest BCUT2D eigenvalue weighted by atomic mass is 10.2. The van der Waals surface area contributed by atoms with Crippen molar-refractivity contribution >= 4 is 23.3 Å². The maximum atomic E-state index is 13.1. The molecule has 0 heterocycles. The van der Waals surface area contributed by atoms with E-state index >= 15 is 0 Å². The Bertz CT molecular complexity index is 699. The molecular formula is C17H18FN3O2. The molecule has 0 spiro atoms. The molecule has 5 nitrogen and oxygen atoms in total. The van der Waals surface area contributed by atoms with Gasteiger partial charge in [0.1, 0.15) is 5.82 Å². The van der Waals surface area contributed by atoms with Crippen molar-refractivity contribution in [1.82, 2.24) is 5.32 Å². The number of halogens is 1. The third-order valence-electron chi connectivity index (χ3n) is 2.91. The molecule has 3 amide bonds. The van der Waals surface area contributed by atoms with Crippen LogP contribution in [0.4, 0.5) is 20.6 Å². The smallest absolute Gasteiger partial charge is 0.319 e. The van der Waals surface area contributed by atoms with Gasteiger partial charge in [0.2, 0.25) is 0 Å². The summed E-state index contributed by atoms with van der Waals surface area (Å²) >= 11 is 0. The Labute approximate surface area is 133 Å². The number of rotatable bonds is 4. The van der Waals surface area contributed by atoms with Gasteiger partial charge in [-0.1, -0.05) is 6.07 Å². The van der Waals surface area contributed by atoms with E-state index < -0.39 is 11.7 Å². The molecule has 3 N–H and O–H groups in total. The number of hydrogen-bond donors (Lipinski definition) is 3. The molecule has 0 unspecified atom stereocenters. The van der Waals surface area contributed by atoms with Gasteiger partial charge in [0, 0.05) is 23.0 Å². The van der Waals surface area contributed by atoms with Gasteiger partial charge in [-0.2, -0.15) is 0 Å². The minimum absolute atomic E-state index is 0.0415. The highest BCUT2D eigenvalue weighted by Gasteiger charge is 2.07. The molecular weight excluding hydrogens is 297 g/mol. The summed E-state index contributed by atoms with van der Waals surface area (Å²) in [7, 11) is 0. The predicted molar refractivity (Wildman–Crippen MR) is 88.1 cm³/mol. The number of amides is 3. The van der Waals surface area contributed by atoms with Crippen molar-refractivity contribution < 1.29 is 14.0 Å². The van der Waals surface area contributed by atoms with Crippen LogP contribution in [0.25, 0.3) is 0 Å². The molecule has 0 saturated heterocycles. The van der Waals surface area contributed by atoms with E-state index in [2.05, 4.69) is 16.0 Å². The van der Waals surface area contributed by atoms with Crippen LogP contribution in [0.15, 0.2) is 48.5 Å². The Morgan fingerprint density at radius 2 is 1.57 bits per heavy atom. The van der Waals surface area contributed by atoms with Crippen molar-refractivity contribution in [3.05, 3.63) is 59.9 Å². The number of nitrogens with one attached hydrogen (secondary N) is 3. The molecule has 120 valence electrons. The van der Waals surface area contributed by atoms with E-state index in [1.807, 2.05) is 13.8 Å². The summed E-state index contributed by atoms with van der Waals surface area (Å²) < 4.78 is 13.1. The van der Waals surface area contributed by atoms with Crippen molar-refractivity contribution in [2.75, 3.05) is 10.6 Å². The van der Waals surface area contributed by atoms with Crippen molar-refractivity contribution in [2.45, 2.75) is 19.9 Å². The van der Waals surface area contributed by atoms with Gasteiger partial charge >= 0.3 is 6.03 Å².